The lowest BCUT2D eigenvalue weighted by atomic mass is 10.1. The maximum atomic E-state index is 13.5. The van der Waals surface area contributed by atoms with Crippen molar-refractivity contribution in [3.8, 4) is 23.0 Å². The maximum Gasteiger partial charge on any atom is 0.336 e. The SMILES string of the molecule is COc1cc(N2C(=O)NC(=O)/C(=C\c3cc(Br)c(OCc4c(Cl)cccc4Cl)c(OC)c3)C2=O)c(OC)cc1Cl. The van der Waals surface area contributed by atoms with Crippen molar-refractivity contribution in [3.63, 3.8) is 0 Å². The van der Waals surface area contributed by atoms with Gasteiger partial charge in [0, 0.05) is 27.7 Å². The molecule has 0 spiro atoms. The van der Waals surface area contributed by atoms with Crippen LogP contribution >= 0.6 is 50.7 Å². The molecule has 1 aliphatic rings. The maximum absolute atomic E-state index is 13.5. The number of nitrogens with one attached hydrogen (secondary N) is 1. The van der Waals surface area contributed by atoms with Gasteiger partial charge in [0.05, 0.1) is 36.5 Å². The van der Waals surface area contributed by atoms with E-state index >= 15 is 0 Å². The molecule has 0 aromatic heterocycles. The van der Waals surface area contributed by atoms with E-state index in [2.05, 4.69) is 21.2 Å². The zero-order chi connectivity index (χ0) is 29.1. The van der Waals surface area contributed by atoms with E-state index in [-0.39, 0.29) is 34.4 Å². The van der Waals surface area contributed by atoms with E-state index in [4.69, 9.17) is 53.8 Å². The molecule has 3 aromatic carbocycles. The van der Waals surface area contributed by atoms with Crippen molar-refractivity contribution in [2.24, 2.45) is 0 Å². The molecule has 1 fully saturated rings. The predicted molar refractivity (Wildman–Crippen MR) is 155 cm³/mol. The number of urea groups is 1. The molecule has 0 saturated carbocycles. The first-order valence-corrected chi connectivity index (χ1v) is 13.3. The fourth-order valence-electron chi connectivity index (χ4n) is 3.84. The molecule has 40 heavy (non-hydrogen) atoms. The minimum absolute atomic E-state index is 0.0328. The average molecular weight is 671 g/mol. The number of methoxy groups -OCH3 is 3. The third-order valence-corrected chi connectivity index (χ3v) is 7.37. The Morgan fingerprint density at radius 3 is 2.15 bits per heavy atom. The van der Waals surface area contributed by atoms with Crippen LogP contribution in [-0.2, 0) is 16.2 Å². The van der Waals surface area contributed by atoms with Crippen molar-refractivity contribution < 1.29 is 33.3 Å². The number of halogens is 4. The number of carbonyl (C=O) groups excluding carboxylic acids is 3. The van der Waals surface area contributed by atoms with E-state index in [9.17, 15) is 14.4 Å². The highest BCUT2D eigenvalue weighted by molar-refractivity contribution is 9.10. The summed E-state index contributed by atoms with van der Waals surface area (Å²) in [4.78, 5) is 39.7. The molecule has 4 rings (SSSR count). The molecule has 4 amide bonds. The first-order chi connectivity index (χ1) is 19.1. The van der Waals surface area contributed by atoms with Gasteiger partial charge in [0.15, 0.2) is 11.5 Å². The van der Waals surface area contributed by atoms with E-state index < -0.39 is 17.8 Å². The van der Waals surface area contributed by atoms with Gasteiger partial charge in [0.1, 0.15) is 23.7 Å². The molecule has 0 unspecified atom stereocenters. The van der Waals surface area contributed by atoms with Crippen LogP contribution in [0.25, 0.3) is 6.08 Å². The highest BCUT2D eigenvalue weighted by Crippen LogP contribution is 2.41. The Labute approximate surface area is 252 Å². The fraction of sp³-hybridized carbons (Fsp3) is 0.148. The molecular weight excluding hydrogens is 651 g/mol. The third-order valence-electron chi connectivity index (χ3n) is 5.78. The summed E-state index contributed by atoms with van der Waals surface area (Å²) >= 11 is 22.1. The van der Waals surface area contributed by atoms with Crippen LogP contribution in [0.3, 0.4) is 0 Å². The molecule has 208 valence electrons. The predicted octanol–water partition coefficient (Wildman–Crippen LogP) is 6.68. The van der Waals surface area contributed by atoms with Crippen LogP contribution < -0.4 is 29.2 Å². The molecule has 1 aliphatic heterocycles. The molecule has 0 atom stereocenters. The van der Waals surface area contributed by atoms with E-state index in [1.54, 1.807) is 30.3 Å². The molecular formula is C27H20BrCl3N2O7. The second-order valence-electron chi connectivity index (χ2n) is 8.14. The van der Waals surface area contributed by atoms with E-state index in [0.717, 1.165) is 4.90 Å². The van der Waals surface area contributed by atoms with Gasteiger partial charge >= 0.3 is 6.03 Å². The van der Waals surface area contributed by atoms with Crippen molar-refractivity contribution in [1.82, 2.24) is 5.32 Å². The normalized spacial score (nSPS) is 14.3. The molecule has 1 saturated heterocycles. The van der Waals surface area contributed by atoms with Crippen LogP contribution in [-0.4, -0.2) is 39.2 Å². The number of hydrogen-bond donors (Lipinski definition) is 1. The Morgan fingerprint density at radius 1 is 0.875 bits per heavy atom. The van der Waals surface area contributed by atoms with Crippen molar-refractivity contribution in [3.05, 3.63) is 78.7 Å². The number of benzene rings is 3. The van der Waals surface area contributed by atoms with Crippen LogP contribution in [0.15, 0.2) is 52.5 Å². The second kappa shape index (κ2) is 12.4. The summed E-state index contributed by atoms with van der Waals surface area (Å²) in [5, 5.41) is 3.27. The number of amides is 4. The van der Waals surface area contributed by atoms with Crippen molar-refractivity contribution in [2.75, 3.05) is 26.2 Å². The smallest absolute Gasteiger partial charge is 0.336 e. The van der Waals surface area contributed by atoms with Gasteiger partial charge in [0.25, 0.3) is 11.8 Å². The van der Waals surface area contributed by atoms with Crippen LogP contribution in [0.5, 0.6) is 23.0 Å². The summed E-state index contributed by atoms with van der Waals surface area (Å²) in [7, 11) is 4.17. The van der Waals surface area contributed by atoms with Gasteiger partial charge in [-0.2, -0.15) is 0 Å². The minimum atomic E-state index is -0.962. The van der Waals surface area contributed by atoms with Gasteiger partial charge in [-0.3, -0.25) is 14.9 Å². The van der Waals surface area contributed by atoms with E-state index in [0.29, 0.717) is 37.1 Å². The van der Waals surface area contributed by atoms with Gasteiger partial charge in [-0.1, -0.05) is 40.9 Å². The number of rotatable bonds is 8. The number of imide groups is 2. The van der Waals surface area contributed by atoms with Gasteiger partial charge in [-0.25, -0.2) is 9.69 Å². The Morgan fingerprint density at radius 2 is 1.52 bits per heavy atom. The topological polar surface area (TPSA) is 103 Å². The highest BCUT2D eigenvalue weighted by atomic mass is 79.9. The zero-order valence-electron chi connectivity index (χ0n) is 21.1. The zero-order valence-corrected chi connectivity index (χ0v) is 25.0. The summed E-state index contributed by atoms with van der Waals surface area (Å²) < 4.78 is 22.4. The number of barbiturate groups is 1. The summed E-state index contributed by atoms with van der Waals surface area (Å²) in [5.74, 6) is -0.814. The van der Waals surface area contributed by atoms with Gasteiger partial charge < -0.3 is 18.9 Å². The van der Waals surface area contributed by atoms with E-state index in [1.165, 1.54) is 39.5 Å². The van der Waals surface area contributed by atoms with Crippen LogP contribution in [0.2, 0.25) is 15.1 Å². The summed E-state index contributed by atoms with van der Waals surface area (Å²) in [6.45, 7) is 0.0538. The molecule has 1 heterocycles. The number of ether oxygens (including phenoxy) is 4. The van der Waals surface area contributed by atoms with Gasteiger partial charge in [0.2, 0.25) is 0 Å². The fourth-order valence-corrected chi connectivity index (χ4v) is 5.15. The van der Waals surface area contributed by atoms with Crippen LogP contribution in [0.4, 0.5) is 10.5 Å². The van der Waals surface area contributed by atoms with Gasteiger partial charge in [-0.05, 0) is 51.8 Å². The lowest BCUT2D eigenvalue weighted by Gasteiger charge is -2.28. The first-order valence-electron chi connectivity index (χ1n) is 11.4. The minimum Gasteiger partial charge on any atom is -0.495 e. The summed E-state index contributed by atoms with van der Waals surface area (Å²) in [5.41, 5.74) is 0.709. The van der Waals surface area contributed by atoms with Crippen molar-refractivity contribution >= 4 is 80.3 Å². The molecule has 1 N–H and O–H groups in total. The highest BCUT2D eigenvalue weighted by Gasteiger charge is 2.38. The number of hydrogen-bond acceptors (Lipinski definition) is 7. The molecule has 3 aromatic rings. The Hall–Kier alpha value is -3.44. The summed E-state index contributed by atoms with van der Waals surface area (Å²) in [6.07, 6.45) is 1.32. The monoisotopic (exact) mass is 668 g/mol. The molecule has 9 nitrogen and oxygen atoms in total. The van der Waals surface area contributed by atoms with Crippen LogP contribution in [0, 0.1) is 0 Å². The molecule has 0 bridgehead atoms. The largest absolute Gasteiger partial charge is 0.495 e. The molecule has 0 radical (unpaired) electrons. The Balaban J connectivity index is 1.70. The standard InChI is InChI=1S/C27H20BrCl3N2O7/c1-37-21-11-20(22(38-2)10-19(21)31)33-26(35)14(25(34)32-27(33)36)7-13-8-16(28)24(23(9-13)39-3)40-12-15-17(29)5-4-6-18(15)30/h4-11H,12H2,1-3H3,(H,32,34,36)/b14-7+. The summed E-state index contributed by atoms with van der Waals surface area (Å²) in [6, 6.07) is 10.1. The Kier molecular flexibility index (Phi) is 9.15. The Bertz CT molecular complexity index is 1540. The molecule has 13 heteroatoms. The van der Waals surface area contributed by atoms with Crippen molar-refractivity contribution in [1.29, 1.82) is 0 Å². The third kappa shape index (κ3) is 5.85. The first kappa shape index (κ1) is 29.5. The lowest BCUT2D eigenvalue weighted by molar-refractivity contribution is -0.122. The van der Waals surface area contributed by atoms with Crippen LogP contribution in [0.1, 0.15) is 11.1 Å². The average Bonchev–Trinajstić information content (AvgIpc) is 2.91. The number of carbonyl (C=O) groups is 3. The second-order valence-corrected chi connectivity index (χ2v) is 10.2. The van der Waals surface area contributed by atoms with E-state index in [1.807, 2.05) is 0 Å². The number of anilines is 1. The lowest BCUT2D eigenvalue weighted by Crippen LogP contribution is -2.54. The molecule has 0 aliphatic carbocycles. The van der Waals surface area contributed by atoms with Crippen molar-refractivity contribution in [2.45, 2.75) is 6.61 Å². The van der Waals surface area contributed by atoms with Gasteiger partial charge in [-0.15, -0.1) is 0 Å². The quantitative estimate of drug-likeness (QED) is 0.211. The number of nitrogens with zero attached hydrogens (tertiary/aromatic N) is 1.